The molecular formula is C20H23N5O3S. The molecule has 9 heteroatoms. The van der Waals surface area contributed by atoms with Gasteiger partial charge >= 0.3 is 12.0 Å². The van der Waals surface area contributed by atoms with Crippen LogP contribution in [0, 0.1) is 27.7 Å². The number of carbonyl (C=O) groups is 2. The molecule has 3 heterocycles. The van der Waals surface area contributed by atoms with Crippen LogP contribution in [0.2, 0.25) is 0 Å². The van der Waals surface area contributed by atoms with Crippen LogP contribution in [0.5, 0.6) is 0 Å². The summed E-state index contributed by atoms with van der Waals surface area (Å²) in [4.78, 5) is 29.7. The van der Waals surface area contributed by atoms with Gasteiger partial charge in [-0.1, -0.05) is 6.07 Å². The van der Waals surface area contributed by atoms with Crippen molar-refractivity contribution in [3.63, 3.8) is 0 Å². The average molecular weight is 414 g/mol. The molecule has 0 atom stereocenters. The number of rotatable bonds is 5. The first-order valence-electron chi connectivity index (χ1n) is 9.02. The van der Waals surface area contributed by atoms with Gasteiger partial charge in [0, 0.05) is 23.3 Å². The summed E-state index contributed by atoms with van der Waals surface area (Å²) >= 11 is 1.34. The maximum Gasteiger partial charge on any atom is 0.341 e. The number of hydrogen-bond acceptors (Lipinski definition) is 6. The van der Waals surface area contributed by atoms with Crippen molar-refractivity contribution < 1.29 is 14.3 Å². The maximum absolute atomic E-state index is 12.3. The van der Waals surface area contributed by atoms with Crippen LogP contribution in [0.1, 0.15) is 37.7 Å². The molecule has 152 valence electrons. The van der Waals surface area contributed by atoms with Gasteiger partial charge in [-0.05, 0) is 51.0 Å². The van der Waals surface area contributed by atoms with E-state index in [4.69, 9.17) is 4.74 Å². The van der Waals surface area contributed by atoms with Gasteiger partial charge in [-0.2, -0.15) is 5.10 Å². The van der Waals surface area contributed by atoms with Gasteiger partial charge in [-0.25, -0.2) is 19.3 Å². The molecule has 0 saturated heterocycles. The summed E-state index contributed by atoms with van der Waals surface area (Å²) in [7, 11) is 1.32. The van der Waals surface area contributed by atoms with E-state index in [9.17, 15) is 9.59 Å². The van der Waals surface area contributed by atoms with E-state index in [0.29, 0.717) is 17.1 Å². The highest BCUT2D eigenvalue weighted by molar-refractivity contribution is 7.16. The number of nitrogens with zero attached hydrogens (tertiary/aromatic N) is 3. The summed E-state index contributed by atoms with van der Waals surface area (Å²) < 4.78 is 6.59. The molecule has 0 unspecified atom stereocenters. The molecule has 0 fully saturated rings. The lowest BCUT2D eigenvalue weighted by Gasteiger charge is -2.09. The number of esters is 1. The number of amides is 2. The SMILES string of the molecule is COC(=O)c1c(NC(=O)NCc2ccc(-n3nc(C)cc3C)nc2)sc(C)c1C. The third-order valence-corrected chi connectivity index (χ3v) is 5.61. The molecule has 0 aromatic carbocycles. The van der Waals surface area contributed by atoms with E-state index in [2.05, 4.69) is 20.7 Å². The molecule has 0 spiro atoms. The number of carbonyl (C=O) groups excluding carboxylic acids is 2. The summed E-state index contributed by atoms with van der Waals surface area (Å²) in [5.74, 6) is 0.252. The molecule has 3 rings (SSSR count). The maximum atomic E-state index is 12.3. The minimum absolute atomic E-state index is 0.299. The molecule has 8 nitrogen and oxygen atoms in total. The first-order chi connectivity index (χ1) is 13.8. The number of hydrogen-bond donors (Lipinski definition) is 2. The number of ether oxygens (including phenoxy) is 1. The van der Waals surface area contributed by atoms with Crippen LogP contribution < -0.4 is 10.6 Å². The van der Waals surface area contributed by atoms with Gasteiger partial charge < -0.3 is 10.1 Å². The molecule has 0 aliphatic heterocycles. The van der Waals surface area contributed by atoms with E-state index in [1.165, 1.54) is 18.4 Å². The fourth-order valence-corrected chi connectivity index (χ4v) is 3.94. The molecule has 29 heavy (non-hydrogen) atoms. The van der Waals surface area contributed by atoms with Crippen LogP contribution in [0.15, 0.2) is 24.4 Å². The smallest absolute Gasteiger partial charge is 0.341 e. The molecule has 2 N–H and O–H groups in total. The Kier molecular flexibility index (Phi) is 5.97. The molecule has 3 aromatic heterocycles. The zero-order valence-corrected chi connectivity index (χ0v) is 17.8. The van der Waals surface area contributed by atoms with Gasteiger partial charge in [0.05, 0.1) is 18.4 Å². The first-order valence-corrected chi connectivity index (χ1v) is 9.83. The Morgan fingerprint density at radius 2 is 1.97 bits per heavy atom. The van der Waals surface area contributed by atoms with Gasteiger partial charge in [-0.3, -0.25) is 5.32 Å². The van der Waals surface area contributed by atoms with E-state index in [0.717, 1.165) is 33.2 Å². The molecule has 0 aliphatic carbocycles. The lowest BCUT2D eigenvalue weighted by molar-refractivity contribution is 0.0601. The quantitative estimate of drug-likeness (QED) is 0.622. The zero-order valence-electron chi connectivity index (χ0n) is 17.0. The number of urea groups is 1. The minimum atomic E-state index is -0.467. The Labute approximate surface area is 172 Å². The van der Waals surface area contributed by atoms with Crippen LogP contribution in [0.4, 0.5) is 9.80 Å². The van der Waals surface area contributed by atoms with Crippen molar-refractivity contribution in [3.05, 3.63) is 57.4 Å². The Balaban J connectivity index is 1.64. The lowest BCUT2D eigenvalue weighted by Crippen LogP contribution is -2.28. The van der Waals surface area contributed by atoms with Gasteiger partial charge in [0.15, 0.2) is 5.82 Å². The van der Waals surface area contributed by atoms with E-state index in [1.54, 1.807) is 10.9 Å². The van der Waals surface area contributed by atoms with Crippen molar-refractivity contribution in [1.29, 1.82) is 0 Å². The van der Waals surface area contributed by atoms with Crippen LogP contribution in [0.3, 0.4) is 0 Å². The standard InChI is InChI=1S/C20H23N5O3S/c1-11-8-12(2)25(24-11)16-7-6-15(9-21-16)10-22-20(27)23-18-17(19(26)28-5)13(3)14(4)29-18/h6-9H,10H2,1-5H3,(H2,22,23,27). The van der Waals surface area contributed by atoms with E-state index in [-0.39, 0.29) is 0 Å². The second-order valence-corrected chi connectivity index (χ2v) is 7.87. The summed E-state index contributed by atoms with van der Waals surface area (Å²) in [5.41, 5.74) is 3.97. The molecule has 2 amide bonds. The number of aryl methyl sites for hydroxylation is 3. The summed E-state index contributed by atoms with van der Waals surface area (Å²) in [6.45, 7) is 7.93. The summed E-state index contributed by atoms with van der Waals surface area (Å²) in [6.07, 6.45) is 1.70. The first kappa shape index (κ1) is 20.5. The molecule has 0 aliphatic rings. The minimum Gasteiger partial charge on any atom is -0.465 e. The number of pyridine rings is 1. The fourth-order valence-electron chi connectivity index (χ4n) is 2.90. The van der Waals surface area contributed by atoms with E-state index >= 15 is 0 Å². The van der Waals surface area contributed by atoms with Crippen molar-refractivity contribution in [2.75, 3.05) is 12.4 Å². The van der Waals surface area contributed by atoms with Gasteiger partial charge in [0.1, 0.15) is 5.00 Å². The molecule has 0 bridgehead atoms. The molecule has 3 aromatic rings. The lowest BCUT2D eigenvalue weighted by atomic mass is 10.1. The van der Waals surface area contributed by atoms with Crippen molar-refractivity contribution in [3.8, 4) is 5.82 Å². The van der Waals surface area contributed by atoms with Gasteiger partial charge in [0.25, 0.3) is 0 Å². The summed E-state index contributed by atoms with van der Waals surface area (Å²) in [5, 5.41) is 10.4. The third-order valence-electron chi connectivity index (χ3n) is 4.49. The third kappa shape index (κ3) is 4.45. The summed E-state index contributed by atoms with van der Waals surface area (Å²) in [6, 6.07) is 5.32. The average Bonchev–Trinajstić information content (AvgIpc) is 3.17. The van der Waals surface area contributed by atoms with Crippen LogP contribution in [0.25, 0.3) is 5.82 Å². The Hall–Kier alpha value is -3.20. The predicted molar refractivity (Wildman–Crippen MR) is 112 cm³/mol. The Bertz CT molecular complexity index is 1050. The van der Waals surface area contributed by atoms with Crippen LogP contribution >= 0.6 is 11.3 Å². The normalized spacial score (nSPS) is 10.7. The second-order valence-electron chi connectivity index (χ2n) is 6.65. The van der Waals surface area contributed by atoms with Crippen molar-refractivity contribution in [2.45, 2.75) is 34.2 Å². The fraction of sp³-hybridized carbons (Fsp3) is 0.300. The molecular weight excluding hydrogens is 390 g/mol. The highest BCUT2D eigenvalue weighted by atomic mass is 32.1. The predicted octanol–water partition coefficient (Wildman–Crippen LogP) is 3.67. The van der Waals surface area contributed by atoms with Crippen molar-refractivity contribution in [1.82, 2.24) is 20.1 Å². The molecule has 0 saturated carbocycles. The molecule has 0 radical (unpaired) electrons. The van der Waals surface area contributed by atoms with Crippen molar-refractivity contribution >= 4 is 28.3 Å². The Morgan fingerprint density at radius 3 is 2.55 bits per heavy atom. The highest BCUT2D eigenvalue weighted by Gasteiger charge is 2.21. The number of nitrogens with one attached hydrogen (secondary N) is 2. The van der Waals surface area contributed by atoms with Gasteiger partial charge in [-0.15, -0.1) is 11.3 Å². The number of anilines is 1. The number of aromatic nitrogens is 3. The van der Waals surface area contributed by atoms with Crippen molar-refractivity contribution in [2.24, 2.45) is 0 Å². The number of thiophene rings is 1. The largest absolute Gasteiger partial charge is 0.465 e. The van der Waals surface area contributed by atoms with E-state index in [1.807, 2.05) is 45.9 Å². The van der Waals surface area contributed by atoms with Gasteiger partial charge in [0.2, 0.25) is 0 Å². The zero-order chi connectivity index (χ0) is 21.1. The monoisotopic (exact) mass is 413 g/mol. The second kappa shape index (κ2) is 8.44. The number of methoxy groups -OCH3 is 1. The van der Waals surface area contributed by atoms with Crippen LogP contribution in [-0.2, 0) is 11.3 Å². The topological polar surface area (TPSA) is 98.1 Å². The van der Waals surface area contributed by atoms with E-state index < -0.39 is 12.0 Å². The van der Waals surface area contributed by atoms with Crippen LogP contribution in [-0.4, -0.2) is 33.9 Å². The highest BCUT2D eigenvalue weighted by Crippen LogP contribution is 2.32. The Morgan fingerprint density at radius 1 is 1.21 bits per heavy atom.